The van der Waals surface area contributed by atoms with E-state index in [1.165, 1.54) is 0 Å². The molecule has 8 heteroatoms. The van der Waals surface area contributed by atoms with Gasteiger partial charge in [0.25, 0.3) is 6.43 Å². The number of nitrogens with two attached hydrogens (primary N) is 1. The largest absolute Gasteiger partial charge is 0.505 e. The van der Waals surface area contributed by atoms with Crippen molar-refractivity contribution < 1.29 is 22.7 Å². The highest BCUT2D eigenvalue weighted by Crippen LogP contribution is 2.34. The third kappa shape index (κ3) is 2.78. The number of halogens is 6. The van der Waals surface area contributed by atoms with E-state index in [4.69, 9.17) is 10.8 Å². The first-order valence-corrected chi connectivity index (χ1v) is 4.55. The zero-order valence-corrected chi connectivity index (χ0v) is 9.96. The SMILES string of the molecule is Cl.N[C@H](c1cc(Br)c(F)c(F)c1O)C(F)F. The highest BCUT2D eigenvalue weighted by Gasteiger charge is 2.25. The molecule has 0 radical (unpaired) electrons. The quantitative estimate of drug-likeness (QED) is 0.648. The molecule has 0 unspecified atom stereocenters. The molecule has 0 aromatic heterocycles. The fourth-order valence-corrected chi connectivity index (χ4v) is 1.41. The summed E-state index contributed by atoms with van der Waals surface area (Å²) in [4.78, 5) is 0. The van der Waals surface area contributed by atoms with Crippen molar-refractivity contribution in [2.24, 2.45) is 5.73 Å². The van der Waals surface area contributed by atoms with Crippen LogP contribution in [0.5, 0.6) is 5.75 Å². The number of hydrogen-bond donors (Lipinski definition) is 2. The Morgan fingerprint density at radius 1 is 1.25 bits per heavy atom. The number of alkyl halides is 2. The predicted molar refractivity (Wildman–Crippen MR) is 55.9 cm³/mol. The van der Waals surface area contributed by atoms with Crippen LogP contribution in [0.3, 0.4) is 0 Å². The van der Waals surface area contributed by atoms with E-state index in [1.807, 2.05) is 0 Å². The van der Waals surface area contributed by atoms with Crippen molar-refractivity contribution in [1.29, 1.82) is 0 Å². The van der Waals surface area contributed by atoms with Gasteiger partial charge >= 0.3 is 0 Å². The summed E-state index contributed by atoms with van der Waals surface area (Å²) in [5.74, 6) is -4.14. The van der Waals surface area contributed by atoms with Crippen LogP contribution in [0, 0.1) is 11.6 Å². The molecule has 0 bridgehead atoms. The summed E-state index contributed by atoms with van der Waals surface area (Å²) >= 11 is 2.62. The van der Waals surface area contributed by atoms with Gasteiger partial charge in [0, 0.05) is 5.56 Å². The molecule has 0 aliphatic heterocycles. The Morgan fingerprint density at radius 3 is 2.19 bits per heavy atom. The fourth-order valence-electron chi connectivity index (χ4n) is 0.994. The van der Waals surface area contributed by atoms with Crippen molar-refractivity contribution in [3.05, 3.63) is 27.7 Å². The van der Waals surface area contributed by atoms with Crippen molar-refractivity contribution in [3.63, 3.8) is 0 Å². The minimum Gasteiger partial charge on any atom is -0.505 e. The zero-order chi connectivity index (χ0) is 11.7. The summed E-state index contributed by atoms with van der Waals surface area (Å²) in [5, 5.41) is 9.07. The van der Waals surface area contributed by atoms with Crippen LogP contribution in [-0.4, -0.2) is 11.5 Å². The number of rotatable bonds is 2. The van der Waals surface area contributed by atoms with Gasteiger partial charge in [-0.25, -0.2) is 13.2 Å². The minimum absolute atomic E-state index is 0. The molecule has 92 valence electrons. The van der Waals surface area contributed by atoms with Crippen LogP contribution in [0.1, 0.15) is 11.6 Å². The van der Waals surface area contributed by atoms with E-state index in [1.54, 1.807) is 0 Å². The maximum Gasteiger partial charge on any atom is 0.257 e. The summed E-state index contributed by atoms with van der Waals surface area (Å²) in [7, 11) is 0. The lowest BCUT2D eigenvalue weighted by Gasteiger charge is -2.13. The van der Waals surface area contributed by atoms with Gasteiger partial charge in [0.05, 0.1) is 10.5 Å². The van der Waals surface area contributed by atoms with Crippen molar-refractivity contribution in [2.45, 2.75) is 12.5 Å². The van der Waals surface area contributed by atoms with Gasteiger partial charge in [0.1, 0.15) is 0 Å². The molecule has 1 rings (SSSR count). The second-order valence-electron chi connectivity index (χ2n) is 2.78. The molecular weight excluding hydrogens is 317 g/mol. The molecule has 0 aliphatic carbocycles. The van der Waals surface area contributed by atoms with Gasteiger partial charge in [0.2, 0.25) is 5.82 Å². The van der Waals surface area contributed by atoms with E-state index < -0.39 is 35.4 Å². The van der Waals surface area contributed by atoms with Gasteiger partial charge in [-0.05, 0) is 22.0 Å². The van der Waals surface area contributed by atoms with E-state index in [0.29, 0.717) is 0 Å². The molecule has 1 aromatic carbocycles. The Hall–Kier alpha value is -0.530. The summed E-state index contributed by atoms with van der Waals surface area (Å²) in [6.45, 7) is 0. The van der Waals surface area contributed by atoms with Gasteiger partial charge in [-0.3, -0.25) is 0 Å². The van der Waals surface area contributed by atoms with Crippen LogP contribution in [0.25, 0.3) is 0 Å². The topological polar surface area (TPSA) is 46.2 Å². The van der Waals surface area contributed by atoms with Crippen molar-refractivity contribution in [2.75, 3.05) is 0 Å². The molecule has 2 nitrogen and oxygen atoms in total. The summed E-state index contributed by atoms with van der Waals surface area (Å²) < 4.78 is 49.8. The van der Waals surface area contributed by atoms with Crippen molar-refractivity contribution >= 4 is 28.3 Å². The molecule has 0 fully saturated rings. The lowest BCUT2D eigenvalue weighted by molar-refractivity contribution is 0.114. The number of hydrogen-bond acceptors (Lipinski definition) is 2. The molecule has 3 N–H and O–H groups in total. The summed E-state index contributed by atoms with van der Waals surface area (Å²) in [5.41, 5.74) is 4.46. The first kappa shape index (κ1) is 15.5. The monoisotopic (exact) mass is 323 g/mol. The molecule has 0 amide bonds. The standard InChI is InChI=1S/C8H6BrF4NO.ClH/c9-3-1-2(6(14)8(12)13)7(15)5(11)4(3)10;/h1,6,8,15H,14H2;1H/t6-;/m1./s1. The van der Waals surface area contributed by atoms with Crippen LogP contribution in [0.4, 0.5) is 17.6 Å². The van der Waals surface area contributed by atoms with Crippen molar-refractivity contribution in [1.82, 2.24) is 0 Å². The summed E-state index contributed by atoms with van der Waals surface area (Å²) in [6, 6.07) is -1.04. The van der Waals surface area contributed by atoms with Gasteiger partial charge in [-0.1, -0.05) is 0 Å². The molecule has 0 aliphatic rings. The first-order chi connectivity index (χ1) is 6.86. The van der Waals surface area contributed by atoms with E-state index in [0.717, 1.165) is 6.07 Å². The molecular formula is C8H7BrClF4NO. The Balaban J connectivity index is 0.00000225. The molecule has 16 heavy (non-hydrogen) atoms. The van der Waals surface area contributed by atoms with Crippen LogP contribution in [0.2, 0.25) is 0 Å². The maximum atomic E-state index is 12.9. The van der Waals surface area contributed by atoms with Gasteiger partial charge in [-0.2, -0.15) is 4.39 Å². The van der Waals surface area contributed by atoms with E-state index >= 15 is 0 Å². The number of phenols is 1. The van der Waals surface area contributed by atoms with E-state index in [2.05, 4.69) is 15.9 Å². The number of phenolic OH excluding ortho intramolecular Hbond substituents is 1. The lowest BCUT2D eigenvalue weighted by Crippen LogP contribution is -2.19. The van der Waals surface area contributed by atoms with Crippen LogP contribution >= 0.6 is 28.3 Å². The lowest BCUT2D eigenvalue weighted by atomic mass is 10.1. The summed E-state index contributed by atoms with van der Waals surface area (Å²) in [6.07, 6.45) is -2.98. The highest BCUT2D eigenvalue weighted by molar-refractivity contribution is 9.10. The molecule has 1 atom stereocenters. The van der Waals surface area contributed by atoms with Crippen molar-refractivity contribution in [3.8, 4) is 5.75 Å². The average molecular weight is 324 g/mol. The Morgan fingerprint density at radius 2 is 1.75 bits per heavy atom. The highest BCUT2D eigenvalue weighted by atomic mass is 79.9. The van der Waals surface area contributed by atoms with Gasteiger partial charge < -0.3 is 10.8 Å². The normalized spacial score (nSPS) is 12.4. The first-order valence-electron chi connectivity index (χ1n) is 3.76. The Bertz CT molecular complexity index is 391. The molecule has 0 saturated heterocycles. The van der Waals surface area contributed by atoms with E-state index in [-0.39, 0.29) is 16.9 Å². The average Bonchev–Trinajstić information content (AvgIpc) is 2.19. The van der Waals surface area contributed by atoms with Crippen LogP contribution in [-0.2, 0) is 0 Å². The molecule has 0 saturated carbocycles. The van der Waals surface area contributed by atoms with E-state index in [9.17, 15) is 17.6 Å². The zero-order valence-electron chi connectivity index (χ0n) is 7.55. The van der Waals surface area contributed by atoms with Crippen LogP contribution in [0.15, 0.2) is 10.5 Å². The molecule has 0 spiro atoms. The molecule has 1 aromatic rings. The van der Waals surface area contributed by atoms with Gasteiger partial charge in [0.15, 0.2) is 11.6 Å². The molecule has 0 heterocycles. The predicted octanol–water partition coefficient (Wildman–Crippen LogP) is 3.12. The number of aromatic hydroxyl groups is 1. The third-order valence-electron chi connectivity index (χ3n) is 1.80. The van der Waals surface area contributed by atoms with Gasteiger partial charge in [-0.15, -0.1) is 12.4 Å². The van der Waals surface area contributed by atoms with Crippen LogP contribution < -0.4 is 5.73 Å². The number of benzene rings is 1. The maximum absolute atomic E-state index is 12.9. The second kappa shape index (κ2) is 5.70. The minimum atomic E-state index is -2.98. The Kier molecular flexibility index (Phi) is 5.51. The third-order valence-corrected chi connectivity index (χ3v) is 2.37. The second-order valence-corrected chi connectivity index (χ2v) is 3.64. The Labute approximate surface area is 103 Å². The fraction of sp³-hybridized carbons (Fsp3) is 0.250. The smallest absolute Gasteiger partial charge is 0.257 e.